The first-order chi connectivity index (χ1) is 12.1. The Kier molecular flexibility index (Phi) is 8.47. The predicted octanol–water partition coefficient (Wildman–Crippen LogP) is 4.50. The summed E-state index contributed by atoms with van der Waals surface area (Å²) in [7, 11) is 0. The number of primary amides is 1. The van der Waals surface area contributed by atoms with Gasteiger partial charge in [0.25, 0.3) is 0 Å². The van der Waals surface area contributed by atoms with E-state index in [4.69, 9.17) is 5.73 Å². The van der Waals surface area contributed by atoms with Crippen molar-refractivity contribution in [3.05, 3.63) is 35.4 Å². The van der Waals surface area contributed by atoms with Crippen LogP contribution in [0.1, 0.15) is 75.8 Å². The molecular weight excluding hydrogens is 308 g/mol. The number of nitrogens with two attached hydrogens (primary N) is 1. The molecule has 25 heavy (non-hydrogen) atoms. The van der Waals surface area contributed by atoms with Crippen molar-refractivity contribution in [3.63, 3.8) is 0 Å². The smallest absolute Gasteiger partial charge is 0.224 e. The van der Waals surface area contributed by atoms with Crippen LogP contribution >= 0.6 is 0 Å². The zero-order valence-electron chi connectivity index (χ0n) is 16.2. The third kappa shape index (κ3) is 7.19. The first-order valence-electron chi connectivity index (χ1n) is 10.2. The summed E-state index contributed by atoms with van der Waals surface area (Å²) in [5.74, 6) is 0.327. The Morgan fingerprint density at radius 1 is 1.04 bits per heavy atom. The van der Waals surface area contributed by atoms with Crippen LogP contribution in [0.25, 0.3) is 0 Å². The third-order valence-corrected chi connectivity index (χ3v) is 5.29. The average Bonchev–Trinajstić information content (AvgIpc) is 2.59. The van der Waals surface area contributed by atoms with Crippen molar-refractivity contribution in [2.45, 2.75) is 71.1 Å². The Balaban J connectivity index is 1.75. The van der Waals surface area contributed by atoms with Crippen LogP contribution in [-0.4, -0.2) is 30.4 Å². The maximum atomic E-state index is 11.9. The van der Waals surface area contributed by atoms with Gasteiger partial charge in [-0.25, -0.2) is 0 Å². The SMILES string of the molecule is CC(C)Cc1ccc([C@@H](CCCCCN2CCCCC2)C(N)=O)cc1. The summed E-state index contributed by atoms with van der Waals surface area (Å²) < 4.78 is 0. The van der Waals surface area contributed by atoms with Crippen LogP contribution in [0.4, 0.5) is 0 Å². The molecule has 1 aromatic carbocycles. The molecule has 0 aromatic heterocycles. The normalized spacial score (nSPS) is 16.9. The molecule has 140 valence electrons. The lowest BCUT2D eigenvalue weighted by atomic mass is 9.91. The van der Waals surface area contributed by atoms with E-state index in [1.165, 1.54) is 57.3 Å². The molecule has 1 amide bonds. The summed E-state index contributed by atoms with van der Waals surface area (Å²) in [4.78, 5) is 14.5. The van der Waals surface area contributed by atoms with Gasteiger partial charge >= 0.3 is 0 Å². The van der Waals surface area contributed by atoms with E-state index in [0.29, 0.717) is 5.92 Å². The number of piperidine rings is 1. The molecule has 1 atom stereocenters. The number of benzene rings is 1. The Labute approximate surface area is 154 Å². The molecule has 2 rings (SSSR count). The minimum Gasteiger partial charge on any atom is -0.369 e. The molecule has 1 aromatic rings. The van der Waals surface area contributed by atoms with Crippen LogP contribution in [0.5, 0.6) is 0 Å². The van der Waals surface area contributed by atoms with Gasteiger partial charge < -0.3 is 10.6 Å². The first kappa shape index (κ1) is 20.0. The monoisotopic (exact) mass is 344 g/mol. The van der Waals surface area contributed by atoms with Crippen LogP contribution in [0, 0.1) is 5.92 Å². The maximum Gasteiger partial charge on any atom is 0.224 e. The van der Waals surface area contributed by atoms with E-state index in [1.54, 1.807) is 0 Å². The van der Waals surface area contributed by atoms with E-state index in [1.807, 2.05) is 0 Å². The Hall–Kier alpha value is -1.35. The number of rotatable bonds is 10. The summed E-state index contributed by atoms with van der Waals surface area (Å²) in [6.45, 7) is 8.21. The van der Waals surface area contributed by atoms with Crippen LogP contribution in [0.2, 0.25) is 0 Å². The highest BCUT2D eigenvalue weighted by atomic mass is 16.1. The van der Waals surface area contributed by atoms with Gasteiger partial charge in [0.15, 0.2) is 0 Å². The van der Waals surface area contributed by atoms with Gasteiger partial charge in [0, 0.05) is 0 Å². The summed E-state index contributed by atoms with van der Waals surface area (Å²) in [5.41, 5.74) is 8.09. The number of nitrogens with zero attached hydrogens (tertiary/aromatic N) is 1. The second-order valence-electron chi connectivity index (χ2n) is 8.05. The Morgan fingerprint density at radius 2 is 1.72 bits per heavy atom. The minimum atomic E-state index is -0.187. The van der Waals surface area contributed by atoms with E-state index in [2.05, 4.69) is 43.0 Å². The lowest BCUT2D eigenvalue weighted by Gasteiger charge is -2.26. The highest BCUT2D eigenvalue weighted by molar-refractivity contribution is 5.81. The van der Waals surface area contributed by atoms with Crippen LogP contribution in [0.3, 0.4) is 0 Å². The molecule has 1 fully saturated rings. The summed E-state index contributed by atoms with van der Waals surface area (Å²) >= 11 is 0. The molecule has 0 unspecified atom stereocenters. The molecule has 3 heteroatoms. The number of carbonyl (C=O) groups is 1. The zero-order chi connectivity index (χ0) is 18.1. The van der Waals surface area contributed by atoms with Crippen molar-refractivity contribution in [1.82, 2.24) is 4.90 Å². The van der Waals surface area contributed by atoms with Crippen molar-refractivity contribution in [1.29, 1.82) is 0 Å². The van der Waals surface area contributed by atoms with Gasteiger partial charge in [-0.15, -0.1) is 0 Å². The molecule has 3 nitrogen and oxygen atoms in total. The number of hydrogen-bond acceptors (Lipinski definition) is 2. The minimum absolute atomic E-state index is 0.136. The van der Waals surface area contributed by atoms with Gasteiger partial charge in [0.1, 0.15) is 0 Å². The molecule has 1 saturated heterocycles. The van der Waals surface area contributed by atoms with Crippen molar-refractivity contribution in [3.8, 4) is 0 Å². The summed E-state index contributed by atoms with van der Waals surface area (Å²) in [5, 5.41) is 0. The standard InChI is InChI=1S/C22H36N2O/c1-18(2)17-19-10-12-20(13-11-19)21(22(23)25)9-5-3-6-14-24-15-7-4-8-16-24/h10-13,18,21H,3-9,14-17H2,1-2H3,(H2,23,25)/t21-/m1/s1. The third-order valence-electron chi connectivity index (χ3n) is 5.29. The fourth-order valence-corrected chi connectivity index (χ4v) is 3.87. The van der Waals surface area contributed by atoms with Gasteiger partial charge in [-0.05, 0) is 68.8 Å². The highest BCUT2D eigenvalue weighted by Crippen LogP contribution is 2.23. The van der Waals surface area contributed by atoms with Gasteiger partial charge in [-0.2, -0.15) is 0 Å². The van der Waals surface area contributed by atoms with Crippen LogP contribution < -0.4 is 5.73 Å². The van der Waals surface area contributed by atoms with E-state index in [0.717, 1.165) is 24.8 Å². The zero-order valence-corrected chi connectivity index (χ0v) is 16.2. The molecule has 0 saturated carbocycles. The molecule has 1 aliphatic heterocycles. The van der Waals surface area contributed by atoms with Crippen molar-refractivity contribution in [2.24, 2.45) is 11.7 Å². The number of carbonyl (C=O) groups excluding carboxylic acids is 1. The van der Waals surface area contributed by atoms with Crippen molar-refractivity contribution < 1.29 is 4.79 Å². The predicted molar refractivity (Wildman–Crippen MR) is 106 cm³/mol. The molecule has 0 spiro atoms. The molecular formula is C22H36N2O. The van der Waals surface area contributed by atoms with E-state index in [9.17, 15) is 4.79 Å². The first-order valence-corrected chi connectivity index (χ1v) is 10.2. The molecule has 1 aliphatic rings. The quantitative estimate of drug-likeness (QED) is 0.635. The fraction of sp³-hybridized carbons (Fsp3) is 0.682. The number of amides is 1. The molecule has 0 aliphatic carbocycles. The van der Waals surface area contributed by atoms with E-state index in [-0.39, 0.29) is 11.8 Å². The molecule has 2 N–H and O–H groups in total. The Morgan fingerprint density at radius 3 is 2.32 bits per heavy atom. The van der Waals surface area contributed by atoms with Gasteiger partial charge in [-0.1, -0.05) is 57.4 Å². The highest BCUT2D eigenvalue weighted by Gasteiger charge is 2.17. The topological polar surface area (TPSA) is 46.3 Å². The fourth-order valence-electron chi connectivity index (χ4n) is 3.87. The summed E-state index contributed by atoms with van der Waals surface area (Å²) in [6.07, 6.45) is 9.57. The van der Waals surface area contributed by atoms with E-state index < -0.39 is 0 Å². The van der Waals surface area contributed by atoms with Crippen molar-refractivity contribution >= 4 is 5.91 Å². The maximum absolute atomic E-state index is 11.9. The van der Waals surface area contributed by atoms with Crippen molar-refractivity contribution in [2.75, 3.05) is 19.6 Å². The summed E-state index contributed by atoms with van der Waals surface area (Å²) in [6, 6.07) is 8.50. The van der Waals surface area contributed by atoms with Crippen LogP contribution in [0.15, 0.2) is 24.3 Å². The average molecular weight is 345 g/mol. The number of likely N-dealkylation sites (tertiary alicyclic amines) is 1. The second-order valence-corrected chi connectivity index (χ2v) is 8.05. The Bertz CT molecular complexity index is 503. The van der Waals surface area contributed by atoms with E-state index >= 15 is 0 Å². The lowest BCUT2D eigenvalue weighted by molar-refractivity contribution is -0.119. The molecule has 0 bridgehead atoms. The number of hydrogen-bond donors (Lipinski definition) is 1. The largest absolute Gasteiger partial charge is 0.369 e. The van der Waals surface area contributed by atoms with Gasteiger partial charge in [-0.3, -0.25) is 4.79 Å². The lowest BCUT2D eigenvalue weighted by Crippen LogP contribution is -2.30. The number of unbranched alkanes of at least 4 members (excludes halogenated alkanes) is 2. The second kappa shape index (κ2) is 10.6. The van der Waals surface area contributed by atoms with Crippen LogP contribution in [-0.2, 0) is 11.2 Å². The molecule has 0 radical (unpaired) electrons. The molecule has 1 heterocycles. The van der Waals surface area contributed by atoms with Gasteiger partial charge in [0.2, 0.25) is 5.91 Å². The van der Waals surface area contributed by atoms with Gasteiger partial charge in [0.05, 0.1) is 5.92 Å².